The Bertz CT molecular complexity index is 841. The molecule has 29 heavy (non-hydrogen) atoms. The SMILES string of the molecule is CCc1ccc([C@@H](NCC(=O)Nc2ccccc2C(=O)NC2CC2)C(C)C)cc1. The standard InChI is InChI=1S/C24H31N3O2/c1-4-17-9-11-18(12-10-17)23(16(2)3)25-15-22(28)27-21-8-6-5-7-20(21)24(29)26-19-13-14-19/h5-12,16,19,23,25H,4,13-15H2,1-3H3,(H,26,29)(H,27,28)/t23-/m0/s1. The number of carbonyl (C=O) groups excluding carboxylic acids is 2. The molecule has 1 aliphatic rings. The van der Waals surface area contributed by atoms with E-state index in [9.17, 15) is 9.59 Å². The van der Waals surface area contributed by atoms with E-state index in [-0.39, 0.29) is 30.4 Å². The molecule has 2 aromatic carbocycles. The van der Waals surface area contributed by atoms with Crippen LogP contribution in [0.4, 0.5) is 5.69 Å². The molecule has 0 saturated heterocycles. The number of aryl methyl sites for hydroxylation is 1. The van der Waals surface area contributed by atoms with Gasteiger partial charge in [0.15, 0.2) is 0 Å². The second-order valence-electron chi connectivity index (χ2n) is 8.04. The summed E-state index contributed by atoms with van der Waals surface area (Å²) in [4.78, 5) is 25.0. The molecular formula is C24H31N3O2. The number of hydrogen-bond acceptors (Lipinski definition) is 3. The van der Waals surface area contributed by atoms with Crippen LogP contribution in [0.5, 0.6) is 0 Å². The molecule has 1 atom stereocenters. The molecule has 2 aromatic rings. The lowest BCUT2D eigenvalue weighted by Crippen LogP contribution is -2.34. The maximum absolute atomic E-state index is 12.6. The van der Waals surface area contributed by atoms with Crippen LogP contribution in [0, 0.1) is 5.92 Å². The topological polar surface area (TPSA) is 70.2 Å². The first-order valence-corrected chi connectivity index (χ1v) is 10.5. The molecular weight excluding hydrogens is 362 g/mol. The Kier molecular flexibility index (Phi) is 7.04. The minimum Gasteiger partial charge on any atom is -0.349 e. The maximum atomic E-state index is 12.6. The Morgan fingerprint density at radius 1 is 1.03 bits per heavy atom. The summed E-state index contributed by atoms with van der Waals surface area (Å²) >= 11 is 0. The molecule has 0 bridgehead atoms. The predicted octanol–water partition coefficient (Wildman–Crippen LogP) is 4.07. The number of para-hydroxylation sites is 1. The number of benzene rings is 2. The first-order valence-electron chi connectivity index (χ1n) is 10.5. The van der Waals surface area contributed by atoms with Crippen LogP contribution in [0.15, 0.2) is 48.5 Å². The van der Waals surface area contributed by atoms with E-state index in [0.29, 0.717) is 17.2 Å². The van der Waals surface area contributed by atoms with E-state index >= 15 is 0 Å². The van der Waals surface area contributed by atoms with Crippen LogP contribution >= 0.6 is 0 Å². The van der Waals surface area contributed by atoms with Crippen LogP contribution in [-0.2, 0) is 11.2 Å². The summed E-state index contributed by atoms with van der Waals surface area (Å²) in [6, 6.07) is 16.0. The minimum absolute atomic E-state index is 0.0834. The number of amides is 2. The fourth-order valence-electron chi connectivity index (χ4n) is 3.38. The van der Waals surface area contributed by atoms with Crippen molar-refractivity contribution in [2.24, 2.45) is 5.92 Å². The first-order chi connectivity index (χ1) is 14.0. The van der Waals surface area contributed by atoms with Crippen molar-refractivity contribution in [3.63, 3.8) is 0 Å². The molecule has 0 radical (unpaired) electrons. The maximum Gasteiger partial charge on any atom is 0.253 e. The average molecular weight is 394 g/mol. The molecule has 1 saturated carbocycles. The summed E-state index contributed by atoms with van der Waals surface area (Å²) in [7, 11) is 0. The van der Waals surface area contributed by atoms with Gasteiger partial charge < -0.3 is 16.0 Å². The Morgan fingerprint density at radius 3 is 2.34 bits per heavy atom. The molecule has 5 nitrogen and oxygen atoms in total. The Labute approximate surface area is 173 Å². The van der Waals surface area contributed by atoms with Gasteiger partial charge in [-0.2, -0.15) is 0 Å². The van der Waals surface area contributed by atoms with Gasteiger partial charge in [0.1, 0.15) is 0 Å². The van der Waals surface area contributed by atoms with E-state index in [4.69, 9.17) is 0 Å². The smallest absolute Gasteiger partial charge is 0.253 e. The molecule has 0 spiro atoms. The van der Waals surface area contributed by atoms with E-state index in [1.165, 1.54) is 11.1 Å². The van der Waals surface area contributed by atoms with Crippen molar-refractivity contribution in [3.8, 4) is 0 Å². The molecule has 2 amide bonds. The average Bonchev–Trinajstić information content (AvgIpc) is 3.52. The Hall–Kier alpha value is -2.66. The number of hydrogen-bond donors (Lipinski definition) is 3. The number of carbonyl (C=O) groups is 2. The van der Waals surface area contributed by atoms with Crippen molar-refractivity contribution in [3.05, 3.63) is 65.2 Å². The number of anilines is 1. The van der Waals surface area contributed by atoms with Gasteiger partial charge in [-0.05, 0) is 48.4 Å². The predicted molar refractivity (Wildman–Crippen MR) is 117 cm³/mol. The van der Waals surface area contributed by atoms with Crippen molar-refractivity contribution in [1.29, 1.82) is 0 Å². The van der Waals surface area contributed by atoms with Gasteiger partial charge in [0, 0.05) is 12.1 Å². The summed E-state index contributed by atoms with van der Waals surface area (Å²) in [5, 5.41) is 9.23. The summed E-state index contributed by atoms with van der Waals surface area (Å²) in [6.07, 6.45) is 3.07. The normalized spacial score (nSPS) is 14.5. The van der Waals surface area contributed by atoms with Crippen molar-refractivity contribution >= 4 is 17.5 Å². The number of rotatable bonds is 9. The summed E-state index contributed by atoms with van der Waals surface area (Å²) < 4.78 is 0. The molecule has 1 aliphatic carbocycles. The van der Waals surface area contributed by atoms with Gasteiger partial charge in [0.25, 0.3) is 5.91 Å². The van der Waals surface area contributed by atoms with E-state index in [0.717, 1.165) is 19.3 Å². The van der Waals surface area contributed by atoms with Gasteiger partial charge in [0.2, 0.25) is 5.91 Å². The third kappa shape index (κ3) is 5.91. The van der Waals surface area contributed by atoms with E-state index in [1.54, 1.807) is 12.1 Å². The zero-order chi connectivity index (χ0) is 20.8. The quantitative estimate of drug-likeness (QED) is 0.601. The summed E-state index contributed by atoms with van der Waals surface area (Å²) in [5.41, 5.74) is 3.53. The van der Waals surface area contributed by atoms with Crippen LogP contribution in [0.1, 0.15) is 61.1 Å². The molecule has 5 heteroatoms. The highest BCUT2D eigenvalue weighted by atomic mass is 16.2. The molecule has 0 heterocycles. The second kappa shape index (κ2) is 9.70. The minimum atomic E-state index is -0.160. The van der Waals surface area contributed by atoms with E-state index < -0.39 is 0 Å². The van der Waals surface area contributed by atoms with Crippen molar-refractivity contribution in [2.75, 3.05) is 11.9 Å². The Morgan fingerprint density at radius 2 is 1.72 bits per heavy atom. The summed E-state index contributed by atoms with van der Waals surface area (Å²) in [5.74, 6) is 0.0480. The van der Waals surface area contributed by atoms with Crippen molar-refractivity contribution in [2.45, 2.75) is 52.1 Å². The first kappa shape index (κ1) is 21.1. The van der Waals surface area contributed by atoms with Crippen LogP contribution in [0.2, 0.25) is 0 Å². The molecule has 0 unspecified atom stereocenters. The van der Waals surface area contributed by atoms with Gasteiger partial charge in [-0.3, -0.25) is 9.59 Å². The Balaban J connectivity index is 1.61. The van der Waals surface area contributed by atoms with Crippen LogP contribution in [0.3, 0.4) is 0 Å². The van der Waals surface area contributed by atoms with Gasteiger partial charge in [-0.15, -0.1) is 0 Å². The molecule has 3 rings (SSSR count). The van der Waals surface area contributed by atoms with Crippen LogP contribution in [0.25, 0.3) is 0 Å². The zero-order valence-electron chi connectivity index (χ0n) is 17.5. The fraction of sp³-hybridized carbons (Fsp3) is 0.417. The molecule has 154 valence electrons. The van der Waals surface area contributed by atoms with Crippen molar-refractivity contribution in [1.82, 2.24) is 10.6 Å². The second-order valence-corrected chi connectivity index (χ2v) is 8.04. The van der Waals surface area contributed by atoms with E-state index in [2.05, 4.69) is 61.0 Å². The van der Waals surface area contributed by atoms with Gasteiger partial charge >= 0.3 is 0 Å². The monoisotopic (exact) mass is 393 g/mol. The number of nitrogens with one attached hydrogen (secondary N) is 3. The van der Waals surface area contributed by atoms with Crippen LogP contribution in [-0.4, -0.2) is 24.4 Å². The third-order valence-electron chi connectivity index (χ3n) is 5.25. The molecule has 1 fully saturated rings. The van der Waals surface area contributed by atoms with Crippen molar-refractivity contribution < 1.29 is 9.59 Å². The molecule has 0 aromatic heterocycles. The highest BCUT2D eigenvalue weighted by molar-refractivity contribution is 6.04. The molecule has 3 N–H and O–H groups in total. The zero-order valence-corrected chi connectivity index (χ0v) is 17.5. The largest absolute Gasteiger partial charge is 0.349 e. The highest BCUT2D eigenvalue weighted by Gasteiger charge is 2.25. The lowest BCUT2D eigenvalue weighted by Gasteiger charge is -2.23. The van der Waals surface area contributed by atoms with Gasteiger partial charge in [-0.25, -0.2) is 0 Å². The van der Waals surface area contributed by atoms with Gasteiger partial charge in [-0.1, -0.05) is 57.2 Å². The van der Waals surface area contributed by atoms with E-state index in [1.807, 2.05) is 12.1 Å². The molecule has 0 aliphatic heterocycles. The fourth-order valence-corrected chi connectivity index (χ4v) is 3.38. The highest BCUT2D eigenvalue weighted by Crippen LogP contribution is 2.23. The lowest BCUT2D eigenvalue weighted by molar-refractivity contribution is -0.115. The van der Waals surface area contributed by atoms with Crippen LogP contribution < -0.4 is 16.0 Å². The van der Waals surface area contributed by atoms with Gasteiger partial charge in [0.05, 0.1) is 17.8 Å². The lowest BCUT2D eigenvalue weighted by atomic mass is 9.95. The third-order valence-corrected chi connectivity index (χ3v) is 5.25. The summed E-state index contributed by atoms with van der Waals surface area (Å²) in [6.45, 7) is 6.60.